The minimum absolute atomic E-state index is 0.211. The molecule has 0 aliphatic carbocycles. The van der Waals surface area contributed by atoms with E-state index in [0.717, 1.165) is 10.0 Å². The lowest BCUT2D eigenvalue weighted by Crippen LogP contribution is -2.43. The zero-order valence-electron chi connectivity index (χ0n) is 16.5. The Morgan fingerprint density at radius 1 is 1.20 bits per heavy atom. The van der Waals surface area contributed by atoms with Crippen LogP contribution >= 0.6 is 15.9 Å². The zero-order valence-corrected chi connectivity index (χ0v) is 18.1. The summed E-state index contributed by atoms with van der Waals surface area (Å²) in [5.74, 6) is -2.10. The first-order valence-electron chi connectivity index (χ1n) is 9.61. The molecule has 1 aliphatic rings. The van der Waals surface area contributed by atoms with Gasteiger partial charge in [0, 0.05) is 28.8 Å². The highest BCUT2D eigenvalue weighted by Crippen LogP contribution is 2.21. The van der Waals surface area contributed by atoms with Crippen molar-refractivity contribution in [2.45, 2.75) is 19.8 Å². The minimum atomic E-state index is -0.506. The van der Waals surface area contributed by atoms with Crippen molar-refractivity contribution in [2.75, 3.05) is 25.0 Å². The monoisotopic (exact) mass is 476 g/mol. The van der Waals surface area contributed by atoms with Crippen molar-refractivity contribution in [3.63, 3.8) is 0 Å². The number of nitrogens with zero attached hydrogens (tertiary/aromatic N) is 1. The van der Waals surface area contributed by atoms with Crippen molar-refractivity contribution in [1.29, 1.82) is 0 Å². The number of rotatable bonds is 5. The average molecular weight is 477 g/mol. The molecule has 2 aromatic carbocycles. The lowest BCUT2D eigenvalue weighted by atomic mass is 9.97. The molecular formula is C22H22BrFN2O4. The number of piperidine rings is 1. The van der Waals surface area contributed by atoms with Crippen LogP contribution < -0.4 is 5.32 Å². The van der Waals surface area contributed by atoms with E-state index in [-0.39, 0.29) is 12.5 Å². The predicted molar refractivity (Wildman–Crippen MR) is 113 cm³/mol. The molecule has 0 spiro atoms. The van der Waals surface area contributed by atoms with E-state index in [2.05, 4.69) is 21.2 Å². The largest absolute Gasteiger partial charge is 0.455 e. The molecule has 1 atom stereocenters. The number of likely N-dealkylation sites (tertiary alicyclic amines) is 1. The number of halogens is 2. The van der Waals surface area contributed by atoms with Crippen LogP contribution in [0.4, 0.5) is 10.1 Å². The highest BCUT2D eigenvalue weighted by Gasteiger charge is 2.30. The number of carbonyl (C=O) groups excluding carboxylic acids is 3. The molecule has 0 saturated carbocycles. The van der Waals surface area contributed by atoms with Crippen molar-refractivity contribution in [2.24, 2.45) is 5.92 Å². The third-order valence-electron chi connectivity index (χ3n) is 4.92. The van der Waals surface area contributed by atoms with Crippen molar-refractivity contribution in [3.8, 4) is 0 Å². The molecule has 1 heterocycles. The Balaban J connectivity index is 1.51. The number of nitrogens with one attached hydrogen (secondary N) is 1. The minimum Gasteiger partial charge on any atom is -0.455 e. The summed E-state index contributed by atoms with van der Waals surface area (Å²) in [5.41, 5.74) is 1.96. The van der Waals surface area contributed by atoms with Gasteiger partial charge < -0.3 is 15.0 Å². The standard InChI is InChI=1S/C22H22BrFN2O4/c1-14-11-18(8-9-19(14)23)25-20(27)13-30-22(29)16-3-2-10-26(12-16)21(28)15-4-6-17(24)7-5-15/h4-9,11,16H,2-3,10,12-13H2,1H3,(H,25,27). The lowest BCUT2D eigenvalue weighted by Gasteiger charge is -2.31. The van der Waals surface area contributed by atoms with Gasteiger partial charge in [-0.1, -0.05) is 15.9 Å². The first-order chi connectivity index (χ1) is 14.3. The number of amides is 2. The predicted octanol–water partition coefficient (Wildman–Crippen LogP) is 3.93. The Hall–Kier alpha value is -2.74. The number of anilines is 1. The normalized spacial score (nSPS) is 16.1. The summed E-state index contributed by atoms with van der Waals surface area (Å²) in [6, 6.07) is 10.7. The van der Waals surface area contributed by atoms with E-state index in [9.17, 15) is 18.8 Å². The molecule has 1 saturated heterocycles. The SMILES string of the molecule is Cc1cc(NC(=O)COC(=O)C2CCCN(C(=O)c3ccc(F)cc3)C2)ccc1Br. The van der Waals surface area contributed by atoms with Gasteiger partial charge in [0.1, 0.15) is 5.82 Å². The summed E-state index contributed by atoms with van der Waals surface area (Å²) in [5, 5.41) is 2.69. The van der Waals surface area contributed by atoms with Gasteiger partial charge in [-0.3, -0.25) is 14.4 Å². The van der Waals surface area contributed by atoms with Crippen molar-refractivity contribution in [1.82, 2.24) is 4.90 Å². The second-order valence-corrected chi connectivity index (χ2v) is 8.07. The van der Waals surface area contributed by atoms with Gasteiger partial charge in [-0.25, -0.2) is 4.39 Å². The molecule has 1 fully saturated rings. The smallest absolute Gasteiger partial charge is 0.311 e. The Bertz CT molecular complexity index is 949. The molecule has 30 heavy (non-hydrogen) atoms. The van der Waals surface area contributed by atoms with Crippen LogP contribution in [0.5, 0.6) is 0 Å². The van der Waals surface area contributed by atoms with Gasteiger partial charge in [-0.2, -0.15) is 0 Å². The van der Waals surface area contributed by atoms with Gasteiger partial charge in [0.2, 0.25) is 0 Å². The molecular weight excluding hydrogens is 455 g/mol. The molecule has 0 aromatic heterocycles. The summed E-state index contributed by atoms with van der Waals surface area (Å²) in [4.78, 5) is 38.6. The topological polar surface area (TPSA) is 75.7 Å². The summed E-state index contributed by atoms with van der Waals surface area (Å²) in [7, 11) is 0. The number of hydrogen-bond donors (Lipinski definition) is 1. The third-order valence-corrected chi connectivity index (χ3v) is 5.81. The van der Waals surface area contributed by atoms with E-state index in [1.54, 1.807) is 11.0 Å². The molecule has 158 valence electrons. The third kappa shape index (κ3) is 5.66. The number of benzene rings is 2. The quantitative estimate of drug-likeness (QED) is 0.663. The first-order valence-corrected chi connectivity index (χ1v) is 10.4. The fourth-order valence-electron chi connectivity index (χ4n) is 3.30. The van der Waals surface area contributed by atoms with E-state index in [0.29, 0.717) is 30.6 Å². The Labute approximate surface area is 182 Å². The van der Waals surface area contributed by atoms with Crippen LogP contribution in [0.3, 0.4) is 0 Å². The van der Waals surface area contributed by atoms with Gasteiger partial charge in [0.15, 0.2) is 6.61 Å². The molecule has 3 rings (SSSR count). The number of esters is 1. The van der Waals surface area contributed by atoms with E-state index in [1.165, 1.54) is 24.3 Å². The van der Waals surface area contributed by atoms with Crippen molar-refractivity contribution >= 4 is 39.4 Å². The van der Waals surface area contributed by atoms with Gasteiger partial charge in [-0.15, -0.1) is 0 Å². The van der Waals surface area contributed by atoms with Gasteiger partial charge in [-0.05, 0) is 67.8 Å². The Morgan fingerprint density at radius 3 is 2.63 bits per heavy atom. The molecule has 6 nitrogen and oxygen atoms in total. The maximum absolute atomic E-state index is 13.1. The van der Waals surface area contributed by atoms with Gasteiger partial charge in [0.05, 0.1) is 5.92 Å². The zero-order chi connectivity index (χ0) is 21.7. The lowest BCUT2D eigenvalue weighted by molar-refractivity contribution is -0.152. The molecule has 2 aromatic rings. The first kappa shape index (κ1) is 22.0. The van der Waals surface area contributed by atoms with E-state index < -0.39 is 30.2 Å². The summed E-state index contributed by atoms with van der Waals surface area (Å²) < 4.78 is 19.2. The Morgan fingerprint density at radius 2 is 1.93 bits per heavy atom. The fraction of sp³-hybridized carbons (Fsp3) is 0.318. The van der Waals surface area contributed by atoms with Crippen molar-refractivity contribution in [3.05, 3.63) is 63.9 Å². The molecule has 0 radical (unpaired) electrons. The number of hydrogen-bond acceptors (Lipinski definition) is 4. The van der Waals surface area contributed by atoms with E-state index in [4.69, 9.17) is 4.74 Å². The second-order valence-electron chi connectivity index (χ2n) is 7.22. The number of ether oxygens (including phenoxy) is 1. The summed E-state index contributed by atoms with van der Waals surface area (Å²) in [6.07, 6.45) is 1.23. The number of carbonyl (C=O) groups is 3. The van der Waals surface area contributed by atoms with Crippen LogP contribution in [0.1, 0.15) is 28.8 Å². The van der Waals surface area contributed by atoms with Crippen LogP contribution in [0, 0.1) is 18.7 Å². The van der Waals surface area contributed by atoms with E-state index >= 15 is 0 Å². The number of aryl methyl sites for hydroxylation is 1. The molecule has 1 aliphatic heterocycles. The molecule has 2 amide bonds. The van der Waals surface area contributed by atoms with Crippen LogP contribution in [0.15, 0.2) is 46.9 Å². The van der Waals surface area contributed by atoms with Crippen molar-refractivity contribution < 1.29 is 23.5 Å². The van der Waals surface area contributed by atoms with Gasteiger partial charge >= 0.3 is 5.97 Å². The molecule has 8 heteroatoms. The molecule has 0 bridgehead atoms. The molecule has 1 unspecified atom stereocenters. The molecule has 1 N–H and O–H groups in total. The fourth-order valence-corrected chi connectivity index (χ4v) is 3.55. The van der Waals surface area contributed by atoms with Crippen LogP contribution in [-0.2, 0) is 14.3 Å². The highest BCUT2D eigenvalue weighted by molar-refractivity contribution is 9.10. The summed E-state index contributed by atoms with van der Waals surface area (Å²) >= 11 is 3.40. The van der Waals surface area contributed by atoms with Crippen LogP contribution in [-0.4, -0.2) is 42.4 Å². The van der Waals surface area contributed by atoms with Gasteiger partial charge in [0.25, 0.3) is 11.8 Å². The highest BCUT2D eigenvalue weighted by atomic mass is 79.9. The van der Waals surface area contributed by atoms with E-state index in [1.807, 2.05) is 19.1 Å². The second kappa shape index (κ2) is 9.84. The van der Waals surface area contributed by atoms with Crippen LogP contribution in [0.2, 0.25) is 0 Å². The average Bonchev–Trinajstić information content (AvgIpc) is 2.75. The summed E-state index contributed by atoms with van der Waals surface area (Å²) in [6.45, 7) is 2.24. The maximum Gasteiger partial charge on any atom is 0.311 e. The Kier molecular flexibility index (Phi) is 7.20. The maximum atomic E-state index is 13.1. The van der Waals surface area contributed by atoms with Crippen LogP contribution in [0.25, 0.3) is 0 Å².